The molecule has 0 aromatic heterocycles. The van der Waals surface area contributed by atoms with Crippen molar-refractivity contribution in [1.82, 2.24) is 4.90 Å². The van der Waals surface area contributed by atoms with Crippen molar-refractivity contribution in [2.45, 2.75) is 6.54 Å². The Morgan fingerprint density at radius 2 is 2.00 bits per heavy atom. The molecule has 0 saturated heterocycles. The Bertz CT molecular complexity index is 729. The van der Waals surface area contributed by atoms with E-state index in [1.165, 1.54) is 48.4 Å². The fourth-order valence-corrected chi connectivity index (χ4v) is 2.07. The average molecular weight is 317 g/mol. The minimum Gasteiger partial charge on any atom is -0.494 e. The lowest BCUT2D eigenvalue weighted by molar-refractivity contribution is -0.125. The number of nitrogens with zero attached hydrogens (tertiary/aromatic N) is 1. The molecule has 2 aromatic rings. The second kappa shape index (κ2) is 7.54. The summed E-state index contributed by atoms with van der Waals surface area (Å²) in [7, 11) is 3.01. The van der Waals surface area contributed by atoms with Gasteiger partial charge < -0.3 is 9.64 Å². The number of methoxy groups -OCH3 is 1. The van der Waals surface area contributed by atoms with E-state index in [1.807, 2.05) is 0 Å². The van der Waals surface area contributed by atoms with Crippen molar-refractivity contribution < 1.29 is 18.3 Å². The minimum atomic E-state index is -0.471. The SMILES string of the molecule is COc1ccc(CN(C)C(=O)C=Cc2cccc(F)c2)cc1F. The molecular formula is C18H17F2NO2. The monoisotopic (exact) mass is 317 g/mol. The number of halogens is 2. The Labute approximate surface area is 133 Å². The highest BCUT2D eigenvalue weighted by Crippen LogP contribution is 2.18. The highest BCUT2D eigenvalue weighted by molar-refractivity contribution is 5.91. The van der Waals surface area contributed by atoms with E-state index in [2.05, 4.69) is 0 Å². The maximum atomic E-state index is 13.6. The molecule has 0 radical (unpaired) electrons. The number of amides is 1. The van der Waals surface area contributed by atoms with Crippen molar-refractivity contribution >= 4 is 12.0 Å². The molecule has 0 spiro atoms. The molecule has 2 aromatic carbocycles. The molecule has 23 heavy (non-hydrogen) atoms. The summed E-state index contributed by atoms with van der Waals surface area (Å²) in [6.07, 6.45) is 2.89. The summed E-state index contributed by atoms with van der Waals surface area (Å²) in [6, 6.07) is 10.5. The number of hydrogen-bond donors (Lipinski definition) is 0. The molecule has 0 unspecified atom stereocenters. The van der Waals surface area contributed by atoms with Gasteiger partial charge in [-0.2, -0.15) is 0 Å². The van der Waals surface area contributed by atoms with Gasteiger partial charge in [0.15, 0.2) is 11.6 Å². The lowest BCUT2D eigenvalue weighted by atomic mass is 10.2. The van der Waals surface area contributed by atoms with Crippen LogP contribution in [-0.2, 0) is 11.3 Å². The Hall–Kier alpha value is -2.69. The topological polar surface area (TPSA) is 29.5 Å². The fourth-order valence-electron chi connectivity index (χ4n) is 2.07. The van der Waals surface area contributed by atoms with E-state index in [4.69, 9.17) is 4.74 Å². The number of hydrogen-bond acceptors (Lipinski definition) is 2. The molecule has 0 N–H and O–H groups in total. The van der Waals surface area contributed by atoms with Crippen LogP contribution in [0.1, 0.15) is 11.1 Å². The second-order valence-electron chi connectivity index (χ2n) is 5.05. The van der Waals surface area contributed by atoms with Gasteiger partial charge in [-0.3, -0.25) is 4.79 Å². The number of carbonyl (C=O) groups is 1. The molecule has 0 heterocycles. The van der Waals surface area contributed by atoms with Crippen LogP contribution in [0.15, 0.2) is 48.5 Å². The van der Waals surface area contributed by atoms with Crippen LogP contribution in [-0.4, -0.2) is 25.0 Å². The van der Waals surface area contributed by atoms with Crippen molar-refractivity contribution in [3.05, 3.63) is 71.3 Å². The third-order valence-corrected chi connectivity index (χ3v) is 3.28. The first-order valence-electron chi connectivity index (χ1n) is 7.01. The zero-order valence-electron chi connectivity index (χ0n) is 12.9. The van der Waals surface area contributed by atoms with E-state index in [1.54, 1.807) is 25.2 Å². The van der Waals surface area contributed by atoms with Crippen molar-refractivity contribution in [2.24, 2.45) is 0 Å². The molecule has 0 fully saturated rings. The molecule has 0 aliphatic heterocycles. The lowest BCUT2D eigenvalue weighted by Crippen LogP contribution is -2.24. The second-order valence-corrected chi connectivity index (χ2v) is 5.05. The molecule has 3 nitrogen and oxygen atoms in total. The number of ether oxygens (including phenoxy) is 1. The lowest BCUT2D eigenvalue weighted by Gasteiger charge is -2.15. The van der Waals surface area contributed by atoms with Gasteiger partial charge in [0.1, 0.15) is 5.82 Å². The third kappa shape index (κ3) is 4.64. The standard InChI is InChI=1S/C18H17F2NO2/c1-21(12-14-6-8-17(23-2)16(20)11-14)18(22)9-7-13-4-3-5-15(19)10-13/h3-11H,12H2,1-2H3. The summed E-state index contributed by atoms with van der Waals surface area (Å²) in [6.45, 7) is 0.257. The molecule has 1 amide bonds. The van der Waals surface area contributed by atoms with Crippen molar-refractivity contribution in [3.63, 3.8) is 0 Å². The van der Waals surface area contributed by atoms with Crippen LogP contribution in [0.4, 0.5) is 8.78 Å². The molecule has 0 atom stereocenters. The summed E-state index contributed by atoms with van der Waals surface area (Å²) in [4.78, 5) is 13.5. The van der Waals surface area contributed by atoms with Gasteiger partial charge in [0.2, 0.25) is 5.91 Å². The van der Waals surface area contributed by atoms with Gasteiger partial charge in [-0.05, 0) is 41.5 Å². The van der Waals surface area contributed by atoms with E-state index in [9.17, 15) is 13.6 Å². The van der Waals surface area contributed by atoms with Gasteiger partial charge >= 0.3 is 0 Å². The Balaban J connectivity index is 2.01. The summed E-state index contributed by atoms with van der Waals surface area (Å²) in [5, 5.41) is 0. The van der Waals surface area contributed by atoms with Crippen LogP contribution < -0.4 is 4.74 Å². The number of carbonyl (C=O) groups excluding carboxylic acids is 1. The van der Waals surface area contributed by atoms with Crippen molar-refractivity contribution in [2.75, 3.05) is 14.2 Å². The summed E-state index contributed by atoms with van der Waals surface area (Å²) >= 11 is 0. The van der Waals surface area contributed by atoms with Gasteiger partial charge in [0.25, 0.3) is 0 Å². The van der Waals surface area contributed by atoms with Gasteiger partial charge in [-0.1, -0.05) is 18.2 Å². The van der Waals surface area contributed by atoms with E-state index in [0.29, 0.717) is 11.1 Å². The third-order valence-electron chi connectivity index (χ3n) is 3.28. The molecule has 2 rings (SSSR count). The van der Waals surface area contributed by atoms with Crippen LogP contribution >= 0.6 is 0 Å². The summed E-state index contributed by atoms with van der Waals surface area (Å²) < 4.78 is 31.5. The fraction of sp³-hybridized carbons (Fsp3) is 0.167. The first-order chi connectivity index (χ1) is 11.0. The average Bonchev–Trinajstić information content (AvgIpc) is 2.53. The normalized spacial score (nSPS) is 10.8. The first-order valence-corrected chi connectivity index (χ1v) is 7.01. The maximum Gasteiger partial charge on any atom is 0.246 e. The van der Waals surface area contributed by atoms with Gasteiger partial charge in [0, 0.05) is 19.7 Å². The molecule has 0 saturated carbocycles. The largest absolute Gasteiger partial charge is 0.494 e. The van der Waals surface area contributed by atoms with E-state index >= 15 is 0 Å². The predicted molar refractivity (Wildman–Crippen MR) is 84.9 cm³/mol. The Morgan fingerprint density at radius 3 is 2.65 bits per heavy atom. The first kappa shape index (κ1) is 16.7. The van der Waals surface area contributed by atoms with E-state index in [0.717, 1.165) is 0 Å². The quantitative estimate of drug-likeness (QED) is 0.788. The smallest absolute Gasteiger partial charge is 0.246 e. The Morgan fingerprint density at radius 1 is 1.22 bits per heavy atom. The van der Waals surface area contributed by atoms with Crippen LogP contribution in [0.2, 0.25) is 0 Å². The number of rotatable bonds is 5. The van der Waals surface area contributed by atoms with E-state index in [-0.39, 0.29) is 24.0 Å². The predicted octanol–water partition coefficient (Wildman–Crippen LogP) is 3.65. The van der Waals surface area contributed by atoms with Gasteiger partial charge in [-0.25, -0.2) is 8.78 Å². The zero-order valence-corrected chi connectivity index (χ0v) is 12.9. The van der Waals surface area contributed by atoms with Gasteiger partial charge in [-0.15, -0.1) is 0 Å². The number of likely N-dealkylation sites (N-methyl/N-ethyl adjacent to an activating group) is 1. The van der Waals surface area contributed by atoms with Crippen molar-refractivity contribution in [3.8, 4) is 5.75 Å². The summed E-state index contributed by atoms with van der Waals surface area (Å²) in [5.74, 6) is -0.929. The molecular weight excluding hydrogens is 300 g/mol. The molecule has 0 aliphatic carbocycles. The maximum absolute atomic E-state index is 13.6. The molecule has 0 aliphatic rings. The van der Waals surface area contributed by atoms with Crippen LogP contribution in [0.25, 0.3) is 6.08 Å². The molecule has 5 heteroatoms. The molecule has 120 valence electrons. The molecule has 0 bridgehead atoms. The summed E-state index contributed by atoms with van der Waals surface area (Å²) in [5.41, 5.74) is 1.25. The minimum absolute atomic E-state index is 0.161. The van der Waals surface area contributed by atoms with Crippen LogP contribution in [0.5, 0.6) is 5.75 Å². The van der Waals surface area contributed by atoms with Gasteiger partial charge in [0.05, 0.1) is 7.11 Å². The highest BCUT2D eigenvalue weighted by atomic mass is 19.1. The highest BCUT2D eigenvalue weighted by Gasteiger charge is 2.09. The van der Waals surface area contributed by atoms with Crippen LogP contribution in [0, 0.1) is 11.6 Å². The Kier molecular flexibility index (Phi) is 5.46. The van der Waals surface area contributed by atoms with Crippen molar-refractivity contribution in [1.29, 1.82) is 0 Å². The zero-order chi connectivity index (χ0) is 16.8. The number of benzene rings is 2. The van der Waals surface area contributed by atoms with E-state index < -0.39 is 5.82 Å². The van der Waals surface area contributed by atoms with Crippen LogP contribution in [0.3, 0.4) is 0 Å².